The fourth-order valence-corrected chi connectivity index (χ4v) is 2.41. The second-order valence-corrected chi connectivity index (χ2v) is 4.98. The van der Waals surface area contributed by atoms with Crippen LogP contribution in [0.15, 0.2) is 23.8 Å². The maximum atomic E-state index is 11.7. The number of thiophene rings is 1. The van der Waals surface area contributed by atoms with Gasteiger partial charge in [0.1, 0.15) is 17.9 Å². The van der Waals surface area contributed by atoms with E-state index in [1.165, 1.54) is 11.2 Å². The molecule has 0 spiro atoms. The first-order valence-electron chi connectivity index (χ1n) is 5.62. The topological polar surface area (TPSA) is 47.8 Å². The van der Waals surface area contributed by atoms with Gasteiger partial charge in [-0.3, -0.25) is 9.48 Å². The zero-order chi connectivity index (χ0) is 12.1. The summed E-state index contributed by atoms with van der Waals surface area (Å²) >= 11 is 1.74. The lowest BCUT2D eigenvalue weighted by atomic mass is 10.1. The number of aryl methyl sites for hydroxylation is 2. The largest absolute Gasteiger partial charge is 0.299 e. The molecule has 0 aromatic carbocycles. The second-order valence-electron chi connectivity index (χ2n) is 3.95. The molecule has 2 heterocycles. The molecule has 0 saturated carbocycles. The van der Waals surface area contributed by atoms with Crippen molar-refractivity contribution < 1.29 is 4.79 Å². The first-order valence-corrected chi connectivity index (χ1v) is 6.50. The molecule has 0 atom stereocenters. The van der Waals surface area contributed by atoms with Crippen molar-refractivity contribution in [2.24, 2.45) is 7.05 Å². The predicted octanol–water partition coefficient (Wildman–Crippen LogP) is 2.01. The van der Waals surface area contributed by atoms with E-state index in [0.29, 0.717) is 12.8 Å². The second kappa shape index (κ2) is 5.72. The highest BCUT2D eigenvalue weighted by Gasteiger charge is 2.08. The maximum absolute atomic E-state index is 11.7. The van der Waals surface area contributed by atoms with E-state index in [1.54, 1.807) is 23.1 Å². The van der Waals surface area contributed by atoms with E-state index in [1.807, 2.05) is 6.07 Å². The Morgan fingerprint density at radius 2 is 2.41 bits per heavy atom. The highest BCUT2D eigenvalue weighted by molar-refractivity contribution is 7.09. The molecule has 90 valence electrons. The summed E-state index contributed by atoms with van der Waals surface area (Å²) in [5.41, 5.74) is 0. The van der Waals surface area contributed by atoms with Gasteiger partial charge in [0.15, 0.2) is 0 Å². The number of hydrogen-bond acceptors (Lipinski definition) is 4. The third-order valence-electron chi connectivity index (χ3n) is 2.62. The van der Waals surface area contributed by atoms with Gasteiger partial charge in [0.05, 0.1) is 6.42 Å². The summed E-state index contributed by atoms with van der Waals surface area (Å²) in [6.07, 6.45) is 4.39. The molecule has 4 nitrogen and oxygen atoms in total. The van der Waals surface area contributed by atoms with Crippen LogP contribution < -0.4 is 0 Å². The first-order chi connectivity index (χ1) is 8.25. The molecule has 2 aromatic rings. The van der Waals surface area contributed by atoms with E-state index in [-0.39, 0.29) is 5.78 Å². The van der Waals surface area contributed by atoms with E-state index in [2.05, 4.69) is 21.5 Å². The molecule has 5 heteroatoms. The van der Waals surface area contributed by atoms with E-state index in [9.17, 15) is 4.79 Å². The summed E-state index contributed by atoms with van der Waals surface area (Å²) < 4.78 is 1.65. The Balaban J connectivity index is 1.73. The van der Waals surface area contributed by atoms with Crippen LogP contribution >= 0.6 is 11.3 Å². The fourth-order valence-electron chi connectivity index (χ4n) is 1.66. The average Bonchev–Trinajstić information content (AvgIpc) is 2.92. The van der Waals surface area contributed by atoms with E-state index >= 15 is 0 Å². The number of rotatable bonds is 6. The minimum Gasteiger partial charge on any atom is -0.299 e. The van der Waals surface area contributed by atoms with Crippen molar-refractivity contribution in [3.05, 3.63) is 34.5 Å². The zero-order valence-electron chi connectivity index (χ0n) is 9.80. The highest BCUT2D eigenvalue weighted by atomic mass is 32.1. The number of aromatic nitrogens is 3. The molecule has 0 saturated heterocycles. The Morgan fingerprint density at radius 1 is 1.53 bits per heavy atom. The summed E-state index contributed by atoms with van der Waals surface area (Å²) in [4.78, 5) is 17.1. The smallest absolute Gasteiger partial charge is 0.140 e. The lowest BCUT2D eigenvalue weighted by Gasteiger charge is -2.00. The van der Waals surface area contributed by atoms with Crippen LogP contribution in [-0.2, 0) is 24.7 Å². The van der Waals surface area contributed by atoms with Crippen molar-refractivity contribution in [2.75, 3.05) is 0 Å². The summed E-state index contributed by atoms with van der Waals surface area (Å²) in [6.45, 7) is 0. The molecule has 2 aromatic heterocycles. The lowest BCUT2D eigenvalue weighted by Crippen LogP contribution is -2.08. The number of hydrogen-bond donors (Lipinski definition) is 0. The molecule has 0 unspecified atom stereocenters. The molecule has 17 heavy (non-hydrogen) atoms. The number of carbonyl (C=O) groups excluding carboxylic acids is 1. The maximum Gasteiger partial charge on any atom is 0.140 e. The van der Waals surface area contributed by atoms with Gasteiger partial charge in [-0.1, -0.05) is 6.07 Å². The fraction of sp³-hybridized carbons (Fsp3) is 0.417. The summed E-state index contributed by atoms with van der Waals surface area (Å²) in [6, 6.07) is 4.15. The molecule has 0 aliphatic carbocycles. The quantitative estimate of drug-likeness (QED) is 0.787. The van der Waals surface area contributed by atoms with Crippen molar-refractivity contribution >= 4 is 17.1 Å². The number of nitrogens with zero attached hydrogens (tertiary/aromatic N) is 3. The lowest BCUT2D eigenvalue weighted by molar-refractivity contribution is -0.118. The van der Waals surface area contributed by atoms with Gasteiger partial charge < -0.3 is 0 Å². The standard InChI is InChI=1S/C12H15N3OS/c1-15-12(13-9-14-15)8-10(16)4-2-5-11-6-3-7-17-11/h3,6-7,9H,2,4-5,8H2,1H3. The van der Waals surface area contributed by atoms with Gasteiger partial charge >= 0.3 is 0 Å². The van der Waals surface area contributed by atoms with Gasteiger partial charge in [-0.15, -0.1) is 11.3 Å². The molecule has 0 aliphatic rings. The third kappa shape index (κ3) is 3.49. The van der Waals surface area contributed by atoms with Gasteiger partial charge in [0.2, 0.25) is 0 Å². The van der Waals surface area contributed by atoms with Crippen LogP contribution in [-0.4, -0.2) is 20.5 Å². The Morgan fingerprint density at radius 3 is 3.06 bits per heavy atom. The van der Waals surface area contributed by atoms with E-state index < -0.39 is 0 Å². The summed E-state index contributed by atoms with van der Waals surface area (Å²) in [5.74, 6) is 0.976. The normalized spacial score (nSPS) is 10.6. The van der Waals surface area contributed by atoms with Crippen LogP contribution in [0, 0.1) is 0 Å². The number of Topliss-reactive ketones (excluding diaryl/α,β-unsaturated/α-hetero) is 1. The molecule has 2 rings (SSSR count). The van der Waals surface area contributed by atoms with Gasteiger partial charge in [0.25, 0.3) is 0 Å². The van der Waals surface area contributed by atoms with Crippen LogP contribution in [0.3, 0.4) is 0 Å². The molecule has 0 N–H and O–H groups in total. The van der Waals surface area contributed by atoms with E-state index in [0.717, 1.165) is 18.7 Å². The molecule has 0 fully saturated rings. The predicted molar refractivity (Wildman–Crippen MR) is 67.0 cm³/mol. The van der Waals surface area contributed by atoms with Crippen LogP contribution in [0.1, 0.15) is 23.5 Å². The van der Waals surface area contributed by atoms with E-state index in [4.69, 9.17) is 0 Å². The van der Waals surface area contributed by atoms with Crippen molar-refractivity contribution in [3.8, 4) is 0 Å². The molecule has 0 aliphatic heterocycles. The number of ketones is 1. The third-order valence-corrected chi connectivity index (χ3v) is 3.56. The average molecular weight is 249 g/mol. The monoisotopic (exact) mass is 249 g/mol. The highest BCUT2D eigenvalue weighted by Crippen LogP contribution is 2.12. The Hall–Kier alpha value is -1.49. The minimum absolute atomic E-state index is 0.234. The van der Waals surface area contributed by atoms with Crippen LogP contribution in [0.25, 0.3) is 0 Å². The van der Waals surface area contributed by atoms with Crippen molar-refractivity contribution in [3.63, 3.8) is 0 Å². The summed E-state index contributed by atoms with van der Waals surface area (Å²) in [5, 5.41) is 6.01. The number of carbonyl (C=O) groups is 1. The molecular weight excluding hydrogens is 234 g/mol. The minimum atomic E-state index is 0.234. The van der Waals surface area contributed by atoms with Gasteiger partial charge in [-0.2, -0.15) is 5.10 Å². The van der Waals surface area contributed by atoms with Crippen LogP contribution in [0.5, 0.6) is 0 Å². The van der Waals surface area contributed by atoms with Crippen LogP contribution in [0.2, 0.25) is 0 Å². The van der Waals surface area contributed by atoms with Gasteiger partial charge in [-0.05, 0) is 24.3 Å². The van der Waals surface area contributed by atoms with Crippen molar-refractivity contribution in [1.82, 2.24) is 14.8 Å². The molecule has 0 amide bonds. The Kier molecular flexibility index (Phi) is 4.03. The van der Waals surface area contributed by atoms with Crippen molar-refractivity contribution in [2.45, 2.75) is 25.7 Å². The SMILES string of the molecule is Cn1ncnc1CC(=O)CCCc1cccs1. The summed E-state index contributed by atoms with van der Waals surface area (Å²) in [7, 11) is 1.81. The van der Waals surface area contributed by atoms with Gasteiger partial charge in [0, 0.05) is 18.3 Å². The molecular formula is C12H15N3OS. The molecule has 0 bridgehead atoms. The Labute approximate surface area is 104 Å². The Bertz CT molecular complexity index is 476. The van der Waals surface area contributed by atoms with Crippen LogP contribution in [0.4, 0.5) is 0 Å². The first kappa shape index (κ1) is 12.0. The van der Waals surface area contributed by atoms with Gasteiger partial charge in [-0.25, -0.2) is 4.98 Å². The molecule has 0 radical (unpaired) electrons. The van der Waals surface area contributed by atoms with Crippen molar-refractivity contribution in [1.29, 1.82) is 0 Å². The zero-order valence-corrected chi connectivity index (χ0v) is 10.6.